The molecule has 0 aliphatic rings. The van der Waals surface area contributed by atoms with Crippen molar-refractivity contribution >= 4 is 17.7 Å². The SMILES string of the molecule is O=C(N/C=C/Cl)OCc1ccccc1. The second kappa shape index (κ2) is 6.05. The van der Waals surface area contributed by atoms with Crippen molar-refractivity contribution in [2.75, 3.05) is 0 Å². The van der Waals surface area contributed by atoms with Crippen molar-refractivity contribution in [2.24, 2.45) is 0 Å². The summed E-state index contributed by atoms with van der Waals surface area (Å²) in [6, 6.07) is 9.43. The molecule has 0 aromatic heterocycles. The summed E-state index contributed by atoms with van der Waals surface area (Å²) in [5, 5.41) is 2.33. The van der Waals surface area contributed by atoms with E-state index in [9.17, 15) is 4.79 Å². The van der Waals surface area contributed by atoms with Crippen LogP contribution in [0.2, 0.25) is 0 Å². The Kier molecular flexibility index (Phi) is 4.58. The number of carbonyl (C=O) groups excluding carboxylic acids is 1. The van der Waals surface area contributed by atoms with Crippen LogP contribution in [0.1, 0.15) is 5.56 Å². The first-order chi connectivity index (χ1) is 6.83. The van der Waals surface area contributed by atoms with Crippen molar-refractivity contribution in [1.29, 1.82) is 0 Å². The molecule has 4 heteroatoms. The summed E-state index contributed by atoms with van der Waals surface area (Å²) in [6.07, 6.45) is 0.778. The van der Waals surface area contributed by atoms with E-state index in [0.717, 1.165) is 5.56 Å². The number of hydrogen-bond acceptors (Lipinski definition) is 2. The first-order valence-corrected chi connectivity index (χ1v) is 4.49. The number of ether oxygens (including phenoxy) is 1. The number of halogens is 1. The van der Waals surface area contributed by atoms with Gasteiger partial charge in [0, 0.05) is 11.7 Å². The van der Waals surface area contributed by atoms with E-state index in [1.165, 1.54) is 11.7 Å². The molecule has 0 unspecified atom stereocenters. The zero-order valence-corrected chi connectivity index (χ0v) is 8.20. The molecule has 0 bridgehead atoms. The molecule has 14 heavy (non-hydrogen) atoms. The first-order valence-electron chi connectivity index (χ1n) is 4.05. The Morgan fingerprint density at radius 3 is 2.79 bits per heavy atom. The molecule has 0 aliphatic heterocycles. The lowest BCUT2D eigenvalue weighted by Gasteiger charge is -2.03. The molecule has 0 radical (unpaired) electrons. The first kappa shape index (κ1) is 10.6. The van der Waals surface area contributed by atoms with Crippen LogP contribution < -0.4 is 5.32 Å². The monoisotopic (exact) mass is 211 g/mol. The lowest BCUT2D eigenvalue weighted by Crippen LogP contribution is -2.17. The maximum atomic E-state index is 10.9. The number of rotatable bonds is 3. The Bertz CT molecular complexity index is 311. The molecule has 0 fully saturated rings. The van der Waals surface area contributed by atoms with Crippen LogP contribution in [-0.2, 0) is 11.3 Å². The maximum absolute atomic E-state index is 10.9. The highest BCUT2D eigenvalue weighted by Gasteiger charge is 1.98. The van der Waals surface area contributed by atoms with Crippen LogP contribution in [0.25, 0.3) is 0 Å². The van der Waals surface area contributed by atoms with Crippen LogP contribution in [0.4, 0.5) is 4.79 Å². The van der Waals surface area contributed by atoms with Crippen molar-refractivity contribution < 1.29 is 9.53 Å². The molecule has 0 saturated heterocycles. The standard InChI is InChI=1S/C10H10ClNO2/c11-6-7-12-10(13)14-8-9-4-2-1-3-5-9/h1-7H,8H2,(H,12,13)/b7-6+. The van der Waals surface area contributed by atoms with Gasteiger partial charge in [-0.3, -0.25) is 5.32 Å². The van der Waals surface area contributed by atoms with Crippen molar-refractivity contribution in [3.63, 3.8) is 0 Å². The number of nitrogens with one attached hydrogen (secondary N) is 1. The number of alkyl carbamates (subject to hydrolysis) is 1. The molecular weight excluding hydrogens is 202 g/mol. The van der Waals surface area contributed by atoms with Gasteiger partial charge in [-0.1, -0.05) is 41.9 Å². The fraction of sp³-hybridized carbons (Fsp3) is 0.100. The summed E-state index contributed by atoms with van der Waals surface area (Å²) in [6.45, 7) is 0.253. The fourth-order valence-electron chi connectivity index (χ4n) is 0.864. The molecule has 0 heterocycles. The lowest BCUT2D eigenvalue weighted by atomic mass is 10.2. The lowest BCUT2D eigenvalue weighted by molar-refractivity contribution is 0.143. The van der Waals surface area contributed by atoms with Crippen LogP contribution >= 0.6 is 11.6 Å². The van der Waals surface area contributed by atoms with Crippen LogP contribution in [0.15, 0.2) is 42.1 Å². The molecule has 0 aliphatic carbocycles. The van der Waals surface area contributed by atoms with Gasteiger partial charge in [-0.2, -0.15) is 0 Å². The molecule has 74 valence electrons. The third-order valence-corrected chi connectivity index (χ3v) is 1.60. The van der Waals surface area contributed by atoms with E-state index in [1.54, 1.807) is 0 Å². The maximum Gasteiger partial charge on any atom is 0.411 e. The minimum absolute atomic E-state index is 0.253. The van der Waals surface area contributed by atoms with E-state index in [0.29, 0.717) is 0 Å². The molecule has 0 saturated carbocycles. The fourth-order valence-corrected chi connectivity index (χ4v) is 0.927. The van der Waals surface area contributed by atoms with E-state index in [4.69, 9.17) is 16.3 Å². The van der Waals surface area contributed by atoms with Crippen LogP contribution in [0, 0.1) is 0 Å². The van der Waals surface area contributed by atoms with Crippen molar-refractivity contribution in [2.45, 2.75) is 6.61 Å². The normalized spacial score (nSPS) is 10.1. The second-order valence-corrected chi connectivity index (χ2v) is 2.75. The van der Waals surface area contributed by atoms with Gasteiger partial charge in [-0.25, -0.2) is 4.79 Å². The molecule has 3 nitrogen and oxygen atoms in total. The number of hydrogen-bond donors (Lipinski definition) is 1. The topological polar surface area (TPSA) is 38.3 Å². The van der Waals surface area contributed by atoms with Gasteiger partial charge in [0.25, 0.3) is 0 Å². The Morgan fingerprint density at radius 2 is 2.14 bits per heavy atom. The minimum atomic E-state index is -0.522. The molecule has 1 amide bonds. The van der Waals surface area contributed by atoms with Crippen molar-refractivity contribution in [1.82, 2.24) is 5.32 Å². The zero-order chi connectivity index (χ0) is 10.2. The number of amides is 1. The van der Waals surface area contributed by atoms with Crippen molar-refractivity contribution in [3.8, 4) is 0 Å². The predicted octanol–water partition coefficient (Wildman–Crippen LogP) is 2.62. The number of benzene rings is 1. The smallest absolute Gasteiger partial charge is 0.411 e. The van der Waals surface area contributed by atoms with Gasteiger partial charge in [0.05, 0.1) is 0 Å². The molecular formula is C10H10ClNO2. The van der Waals surface area contributed by atoms with Gasteiger partial charge in [0.1, 0.15) is 6.61 Å². The molecule has 1 rings (SSSR count). The van der Waals surface area contributed by atoms with Crippen LogP contribution in [-0.4, -0.2) is 6.09 Å². The van der Waals surface area contributed by atoms with E-state index < -0.39 is 6.09 Å². The van der Waals surface area contributed by atoms with Gasteiger partial charge >= 0.3 is 6.09 Å². The highest BCUT2D eigenvalue weighted by atomic mass is 35.5. The van der Waals surface area contributed by atoms with Crippen molar-refractivity contribution in [3.05, 3.63) is 47.6 Å². The highest BCUT2D eigenvalue weighted by Crippen LogP contribution is 2.00. The summed E-state index contributed by atoms with van der Waals surface area (Å²) in [7, 11) is 0. The van der Waals surface area contributed by atoms with Gasteiger partial charge in [0.15, 0.2) is 0 Å². The predicted molar refractivity (Wildman–Crippen MR) is 54.8 cm³/mol. The largest absolute Gasteiger partial charge is 0.444 e. The zero-order valence-electron chi connectivity index (χ0n) is 7.44. The van der Waals surface area contributed by atoms with Crippen LogP contribution in [0.5, 0.6) is 0 Å². The quantitative estimate of drug-likeness (QED) is 0.835. The third-order valence-electron chi connectivity index (χ3n) is 1.48. The molecule has 0 atom stereocenters. The number of carbonyl (C=O) groups is 1. The average Bonchev–Trinajstić information content (AvgIpc) is 2.25. The second-order valence-electron chi connectivity index (χ2n) is 2.50. The van der Waals surface area contributed by atoms with E-state index in [1.807, 2.05) is 30.3 Å². The Morgan fingerprint density at radius 1 is 1.43 bits per heavy atom. The minimum Gasteiger partial charge on any atom is -0.444 e. The van der Waals surface area contributed by atoms with Crippen LogP contribution in [0.3, 0.4) is 0 Å². The molecule has 1 aromatic carbocycles. The van der Waals surface area contributed by atoms with Gasteiger partial charge in [0.2, 0.25) is 0 Å². The Hall–Kier alpha value is -1.48. The Balaban J connectivity index is 2.31. The van der Waals surface area contributed by atoms with E-state index >= 15 is 0 Å². The Labute approximate surface area is 87.3 Å². The van der Waals surface area contributed by atoms with E-state index in [-0.39, 0.29) is 6.61 Å². The average molecular weight is 212 g/mol. The summed E-state index contributed by atoms with van der Waals surface area (Å²) in [5.74, 6) is 0. The molecule has 1 N–H and O–H groups in total. The molecule has 1 aromatic rings. The third kappa shape index (κ3) is 3.96. The van der Waals surface area contributed by atoms with Gasteiger partial charge in [-0.05, 0) is 5.56 Å². The summed E-state index contributed by atoms with van der Waals surface area (Å²) in [4.78, 5) is 10.9. The van der Waals surface area contributed by atoms with Gasteiger partial charge < -0.3 is 4.74 Å². The van der Waals surface area contributed by atoms with Gasteiger partial charge in [-0.15, -0.1) is 0 Å². The highest BCUT2D eigenvalue weighted by molar-refractivity contribution is 6.25. The summed E-state index contributed by atoms with van der Waals surface area (Å²) in [5.41, 5.74) is 2.14. The van der Waals surface area contributed by atoms with E-state index in [2.05, 4.69) is 5.32 Å². The summed E-state index contributed by atoms with van der Waals surface area (Å²) < 4.78 is 4.87. The summed E-state index contributed by atoms with van der Waals surface area (Å²) >= 11 is 5.21. The molecule has 0 spiro atoms.